The van der Waals surface area contributed by atoms with Crippen LogP contribution in [0.4, 0.5) is 13.2 Å². The third-order valence-corrected chi connectivity index (χ3v) is 6.59. The van der Waals surface area contributed by atoms with Gasteiger partial charge in [-0.15, -0.1) is 0 Å². The molecule has 0 bridgehead atoms. The molecule has 0 spiro atoms. The molecule has 0 atom stereocenters. The average Bonchev–Trinajstić information content (AvgIpc) is 3.57. The van der Waals surface area contributed by atoms with E-state index in [0.29, 0.717) is 17.1 Å². The number of hydrogen-bond donors (Lipinski definition) is 0. The van der Waals surface area contributed by atoms with Gasteiger partial charge >= 0.3 is 6.18 Å². The molecular formula is C29H30F3N3O2S. The largest absolute Gasteiger partial charge is 0.487 e. The number of aryl methyl sites for hydroxylation is 3. The fourth-order valence-corrected chi connectivity index (χ4v) is 4.29. The first kappa shape index (κ1) is 27.6. The maximum absolute atomic E-state index is 12.7. The lowest BCUT2D eigenvalue weighted by molar-refractivity contribution is -0.137. The zero-order valence-corrected chi connectivity index (χ0v) is 22.0. The maximum atomic E-state index is 12.7. The minimum absolute atomic E-state index is 0.251. The molecular weight excluding hydrogens is 511 g/mol. The van der Waals surface area contributed by atoms with Crippen LogP contribution >= 0.6 is 11.8 Å². The summed E-state index contributed by atoms with van der Waals surface area (Å²) in [6, 6.07) is 13.0. The van der Waals surface area contributed by atoms with Gasteiger partial charge in [-0.25, -0.2) is 9.97 Å². The normalized spacial score (nSPS) is 11.9. The number of halogens is 3. The molecule has 0 fully saturated rings. The second-order valence-corrected chi connectivity index (χ2v) is 9.79. The number of aromatic nitrogens is 3. The number of hydrogen-bond acceptors (Lipinski definition) is 5. The summed E-state index contributed by atoms with van der Waals surface area (Å²) in [6.45, 7) is 1.24. The van der Waals surface area contributed by atoms with Crippen molar-refractivity contribution in [3.05, 3.63) is 101 Å². The van der Waals surface area contributed by atoms with Gasteiger partial charge in [0, 0.05) is 37.2 Å². The first-order valence-electron chi connectivity index (χ1n) is 12.4. The van der Waals surface area contributed by atoms with E-state index in [9.17, 15) is 13.2 Å². The zero-order valence-electron chi connectivity index (χ0n) is 21.2. The van der Waals surface area contributed by atoms with Crippen LogP contribution in [0.5, 0.6) is 5.75 Å². The van der Waals surface area contributed by atoms with Crippen LogP contribution < -0.4 is 4.74 Å². The Morgan fingerprint density at radius 3 is 2.53 bits per heavy atom. The molecule has 2 aromatic carbocycles. The third-order valence-electron chi connectivity index (χ3n) is 5.98. The number of rotatable bonds is 13. The van der Waals surface area contributed by atoms with E-state index < -0.39 is 11.7 Å². The summed E-state index contributed by atoms with van der Waals surface area (Å²) in [6.07, 6.45) is 10.7. The number of nitrogens with zero attached hydrogens (tertiary/aromatic N) is 3. The van der Waals surface area contributed by atoms with Crippen molar-refractivity contribution in [1.29, 1.82) is 0 Å². The van der Waals surface area contributed by atoms with Gasteiger partial charge < -0.3 is 13.7 Å². The number of ether oxygens (including phenoxy) is 1. The molecule has 0 aliphatic carbocycles. The fourth-order valence-electron chi connectivity index (χ4n) is 3.90. The fraction of sp³-hybridized carbons (Fsp3) is 0.310. The van der Waals surface area contributed by atoms with Crippen molar-refractivity contribution in [2.24, 2.45) is 0 Å². The number of alkyl halides is 3. The smallest absolute Gasteiger partial charge is 0.416 e. The molecule has 0 radical (unpaired) electrons. The Morgan fingerprint density at radius 1 is 1.00 bits per heavy atom. The molecule has 0 saturated carbocycles. The van der Waals surface area contributed by atoms with E-state index in [1.165, 1.54) is 24.0 Å². The first-order valence-corrected chi connectivity index (χ1v) is 13.8. The predicted octanol–water partition coefficient (Wildman–Crippen LogP) is 7.57. The van der Waals surface area contributed by atoms with E-state index in [1.54, 1.807) is 12.2 Å². The van der Waals surface area contributed by atoms with Crippen molar-refractivity contribution in [2.45, 2.75) is 45.0 Å². The summed E-state index contributed by atoms with van der Waals surface area (Å²) in [5, 5.41) is 0. The molecule has 0 amide bonds. The monoisotopic (exact) mass is 541 g/mol. The van der Waals surface area contributed by atoms with Crippen LogP contribution in [0.3, 0.4) is 0 Å². The van der Waals surface area contributed by atoms with Crippen molar-refractivity contribution >= 4 is 23.9 Å². The number of unbranched alkanes of at least 4 members (excludes halogenated alkanes) is 1. The third kappa shape index (κ3) is 8.28. The molecule has 0 aliphatic heterocycles. The molecule has 5 nitrogen and oxygen atoms in total. The number of imidazole rings is 1. The van der Waals surface area contributed by atoms with E-state index in [1.807, 2.05) is 30.1 Å². The average molecular weight is 542 g/mol. The molecule has 9 heteroatoms. The van der Waals surface area contributed by atoms with Gasteiger partial charge in [0.2, 0.25) is 5.89 Å². The molecule has 200 valence electrons. The lowest BCUT2D eigenvalue weighted by Crippen LogP contribution is -2.05. The van der Waals surface area contributed by atoms with Crippen LogP contribution in [-0.4, -0.2) is 26.5 Å². The molecule has 2 aromatic heterocycles. The molecule has 4 rings (SSSR count). The Hall–Kier alpha value is -3.46. The highest BCUT2D eigenvalue weighted by Crippen LogP contribution is 2.29. The maximum Gasteiger partial charge on any atom is 0.416 e. The van der Waals surface area contributed by atoms with Crippen LogP contribution in [0.15, 0.2) is 71.6 Å². The van der Waals surface area contributed by atoms with Crippen molar-refractivity contribution in [3.8, 4) is 5.75 Å². The van der Waals surface area contributed by atoms with E-state index in [4.69, 9.17) is 9.15 Å². The second-order valence-electron chi connectivity index (χ2n) is 8.80. The molecule has 2 heterocycles. The van der Waals surface area contributed by atoms with Gasteiger partial charge in [0.15, 0.2) is 0 Å². The minimum Gasteiger partial charge on any atom is -0.487 e. The molecule has 4 aromatic rings. The molecule has 0 aliphatic rings. The Balaban J connectivity index is 1.19. The molecule has 0 N–H and O–H groups in total. The summed E-state index contributed by atoms with van der Waals surface area (Å²) in [5.74, 6) is 3.35. The summed E-state index contributed by atoms with van der Waals surface area (Å²) < 4.78 is 51.5. The second kappa shape index (κ2) is 13.4. The van der Waals surface area contributed by atoms with E-state index in [2.05, 4.69) is 39.1 Å². The summed E-state index contributed by atoms with van der Waals surface area (Å²) >= 11 is 1.84. The van der Waals surface area contributed by atoms with Gasteiger partial charge in [-0.05, 0) is 67.0 Å². The Bertz CT molecular complexity index is 1300. The molecule has 0 saturated heterocycles. The van der Waals surface area contributed by atoms with Gasteiger partial charge in [0.1, 0.15) is 30.1 Å². The highest BCUT2D eigenvalue weighted by atomic mass is 32.2. The zero-order chi connectivity index (χ0) is 26.8. The Kier molecular flexibility index (Phi) is 9.70. The van der Waals surface area contributed by atoms with Gasteiger partial charge in [0.25, 0.3) is 0 Å². The standard InChI is InChI=1S/C29H30F3N3O2S/c1-38-19-15-27-33-16-18-35(27)17-3-2-4-22-7-12-26(13-8-22)36-20-25-21-37-28(34-25)14-9-23-5-10-24(11-6-23)29(30,31)32/h5-14,16,18,21H,2-4,15,17,19-20H2,1H3/b14-9+. The van der Waals surface area contributed by atoms with Gasteiger partial charge in [-0.2, -0.15) is 24.9 Å². The number of oxazole rings is 1. The topological polar surface area (TPSA) is 53.1 Å². The van der Waals surface area contributed by atoms with Crippen molar-refractivity contribution in [3.63, 3.8) is 0 Å². The van der Waals surface area contributed by atoms with Crippen molar-refractivity contribution in [2.75, 3.05) is 12.0 Å². The van der Waals surface area contributed by atoms with Crippen LogP contribution in [0.1, 0.15) is 46.9 Å². The number of benzene rings is 2. The van der Waals surface area contributed by atoms with Gasteiger partial charge in [-0.3, -0.25) is 0 Å². The number of thioether (sulfide) groups is 1. The summed E-state index contributed by atoms with van der Waals surface area (Å²) in [7, 11) is 0. The van der Waals surface area contributed by atoms with Gasteiger partial charge in [-0.1, -0.05) is 24.3 Å². The SMILES string of the molecule is CSCCc1nccn1CCCCc1ccc(OCc2coc(/C=C/c3ccc(C(F)(F)F)cc3)n2)cc1. The van der Waals surface area contributed by atoms with Crippen LogP contribution in [0, 0.1) is 0 Å². The first-order chi connectivity index (χ1) is 18.4. The summed E-state index contributed by atoms with van der Waals surface area (Å²) in [4.78, 5) is 8.80. The lowest BCUT2D eigenvalue weighted by atomic mass is 10.1. The molecule has 38 heavy (non-hydrogen) atoms. The highest BCUT2D eigenvalue weighted by Gasteiger charge is 2.29. The highest BCUT2D eigenvalue weighted by molar-refractivity contribution is 7.98. The van der Waals surface area contributed by atoms with Gasteiger partial charge in [0.05, 0.1) is 5.56 Å². The quantitative estimate of drug-likeness (QED) is 0.163. The van der Waals surface area contributed by atoms with Crippen molar-refractivity contribution in [1.82, 2.24) is 14.5 Å². The molecule has 0 unspecified atom stereocenters. The minimum atomic E-state index is -4.35. The lowest BCUT2D eigenvalue weighted by Gasteiger charge is -2.08. The van der Waals surface area contributed by atoms with E-state index in [0.717, 1.165) is 61.7 Å². The predicted molar refractivity (Wildman–Crippen MR) is 145 cm³/mol. The Morgan fingerprint density at radius 2 is 1.79 bits per heavy atom. The van der Waals surface area contributed by atoms with Crippen molar-refractivity contribution < 1.29 is 22.3 Å². The van der Waals surface area contributed by atoms with E-state index in [-0.39, 0.29) is 6.61 Å². The Labute approximate surface area is 224 Å². The van der Waals surface area contributed by atoms with Crippen LogP contribution in [0.25, 0.3) is 12.2 Å². The van der Waals surface area contributed by atoms with Crippen LogP contribution in [0.2, 0.25) is 0 Å². The van der Waals surface area contributed by atoms with E-state index >= 15 is 0 Å². The van der Waals surface area contributed by atoms with Crippen LogP contribution in [-0.2, 0) is 32.2 Å². The summed E-state index contributed by atoms with van der Waals surface area (Å²) in [5.41, 5.74) is 1.83.